The number of carbonyl (C=O) groups is 1. The minimum Gasteiger partial charge on any atom is -0.395 e. The fourth-order valence-electron chi connectivity index (χ4n) is 7.99. The normalized spacial score (nSPS) is 30.0. The number of unbranched alkanes of at least 4 members (excludes halogenated alkanes) is 1. The van der Waals surface area contributed by atoms with Crippen molar-refractivity contribution >= 4 is 26.0 Å². The van der Waals surface area contributed by atoms with Gasteiger partial charge in [0, 0.05) is 43.2 Å². The first kappa shape index (κ1) is 38.5. The van der Waals surface area contributed by atoms with Crippen LogP contribution in [0, 0.1) is 11.8 Å². The standard InChI is InChI=1S/C33H62N6O6S2/c1-23(2)21-39(47(44,45)29-16-12-26(35)13-17-29)27(22-40)7-5-6-18-36-33(41)32(19-24-20-37-31-9-4-3-8-30(24)31)38-46(42,43)28-14-10-25(34)11-15-28/h20,23,25-32,37-38,40H,3-19,21-22,34-35H2,1-2H3,(H,36,41)/t25?,26?,27-,28?,29?,30?,31?,32-/m0/s1. The molecule has 4 aliphatic rings. The summed E-state index contributed by atoms with van der Waals surface area (Å²) in [5.41, 5.74) is 13.1. The van der Waals surface area contributed by atoms with Crippen molar-refractivity contribution in [2.75, 3.05) is 19.7 Å². The predicted molar refractivity (Wildman–Crippen MR) is 186 cm³/mol. The maximum absolute atomic E-state index is 13.7. The van der Waals surface area contributed by atoms with Crippen molar-refractivity contribution in [1.82, 2.24) is 19.7 Å². The van der Waals surface area contributed by atoms with Gasteiger partial charge in [-0.15, -0.1) is 0 Å². The zero-order valence-corrected chi connectivity index (χ0v) is 30.2. The smallest absolute Gasteiger partial charge is 0.238 e. The molecule has 0 saturated heterocycles. The molecule has 272 valence electrons. The van der Waals surface area contributed by atoms with Gasteiger partial charge in [0.2, 0.25) is 26.0 Å². The number of sulfonamides is 2. The van der Waals surface area contributed by atoms with Crippen molar-refractivity contribution in [3.8, 4) is 0 Å². The summed E-state index contributed by atoms with van der Waals surface area (Å²) < 4.78 is 58.6. The van der Waals surface area contributed by atoms with E-state index in [0.29, 0.717) is 102 Å². The summed E-state index contributed by atoms with van der Waals surface area (Å²) in [6.07, 6.45) is 13.1. The number of amides is 1. The van der Waals surface area contributed by atoms with Crippen molar-refractivity contribution < 1.29 is 26.7 Å². The summed E-state index contributed by atoms with van der Waals surface area (Å²) in [6.45, 7) is 4.35. The van der Waals surface area contributed by atoms with Crippen LogP contribution in [0.2, 0.25) is 0 Å². The molecule has 0 radical (unpaired) electrons. The summed E-state index contributed by atoms with van der Waals surface area (Å²) in [6, 6.07) is -1.03. The molecule has 12 nitrogen and oxygen atoms in total. The summed E-state index contributed by atoms with van der Waals surface area (Å²) >= 11 is 0. The average Bonchev–Trinajstić information content (AvgIpc) is 3.44. The highest BCUT2D eigenvalue weighted by atomic mass is 32.2. The number of carbonyl (C=O) groups excluding carboxylic acids is 1. The van der Waals surface area contributed by atoms with Crippen molar-refractivity contribution in [2.45, 2.75) is 157 Å². The van der Waals surface area contributed by atoms with Gasteiger partial charge >= 0.3 is 0 Å². The molecule has 47 heavy (non-hydrogen) atoms. The van der Waals surface area contributed by atoms with Gasteiger partial charge in [-0.1, -0.05) is 33.1 Å². The topological polar surface area (TPSA) is 197 Å². The Balaban J connectivity index is 1.34. The van der Waals surface area contributed by atoms with Gasteiger partial charge in [0.1, 0.15) is 6.04 Å². The number of aliphatic hydroxyl groups excluding tert-OH is 1. The zero-order chi connectivity index (χ0) is 34.2. The van der Waals surface area contributed by atoms with Crippen molar-refractivity contribution in [3.05, 3.63) is 11.8 Å². The molecule has 1 aliphatic heterocycles. The third-order valence-electron chi connectivity index (χ3n) is 10.8. The van der Waals surface area contributed by atoms with Crippen LogP contribution in [0.1, 0.15) is 117 Å². The van der Waals surface area contributed by atoms with Crippen LogP contribution in [0.5, 0.6) is 0 Å². The Hall–Kier alpha value is -1.29. The maximum atomic E-state index is 13.7. The molecule has 1 amide bonds. The molecule has 0 spiro atoms. The van der Waals surface area contributed by atoms with Crippen LogP contribution in [0.15, 0.2) is 11.8 Å². The SMILES string of the molecule is CC(C)CN([C@H](CO)CCCCNC(=O)[C@H](CC1=CNC2CCCCC12)NS(=O)(=O)C1CCC(N)CC1)S(=O)(=O)C1CCC(N)CC1. The number of aliphatic hydroxyl groups is 1. The molecule has 3 aliphatic carbocycles. The minimum absolute atomic E-state index is 0.0210. The zero-order valence-electron chi connectivity index (χ0n) is 28.6. The number of hydrogen-bond acceptors (Lipinski definition) is 9. The number of rotatable bonds is 17. The number of fused-ring (bicyclic) bond motifs is 1. The van der Waals surface area contributed by atoms with Gasteiger partial charge in [0.15, 0.2) is 0 Å². The van der Waals surface area contributed by atoms with E-state index >= 15 is 0 Å². The molecular weight excluding hydrogens is 641 g/mol. The van der Waals surface area contributed by atoms with Crippen LogP contribution >= 0.6 is 0 Å². The van der Waals surface area contributed by atoms with Gasteiger partial charge in [0.25, 0.3) is 0 Å². The average molecular weight is 703 g/mol. The predicted octanol–water partition coefficient (Wildman–Crippen LogP) is 2.19. The van der Waals surface area contributed by atoms with Crippen LogP contribution in [-0.4, -0.2) is 92.6 Å². The number of nitrogens with one attached hydrogen (secondary N) is 3. The Kier molecular flexibility index (Phi) is 14.4. The first-order valence-corrected chi connectivity index (χ1v) is 21.2. The molecule has 2 unspecified atom stereocenters. The second-order valence-electron chi connectivity index (χ2n) is 15.0. The Morgan fingerprint density at radius 3 is 2.17 bits per heavy atom. The maximum Gasteiger partial charge on any atom is 0.238 e. The molecule has 0 aromatic carbocycles. The summed E-state index contributed by atoms with van der Waals surface area (Å²) in [5, 5.41) is 15.7. The lowest BCUT2D eigenvalue weighted by Gasteiger charge is -2.36. The van der Waals surface area contributed by atoms with E-state index in [1.54, 1.807) is 0 Å². The van der Waals surface area contributed by atoms with Crippen molar-refractivity contribution in [3.63, 3.8) is 0 Å². The lowest BCUT2D eigenvalue weighted by Crippen LogP contribution is -2.51. The number of nitrogens with two attached hydrogens (primary N) is 2. The van der Waals surface area contributed by atoms with Crippen molar-refractivity contribution in [1.29, 1.82) is 0 Å². The fourth-order valence-corrected chi connectivity index (χ4v) is 12.0. The van der Waals surface area contributed by atoms with Crippen molar-refractivity contribution in [2.24, 2.45) is 23.3 Å². The van der Waals surface area contributed by atoms with Crippen LogP contribution in [-0.2, 0) is 24.8 Å². The van der Waals surface area contributed by atoms with Gasteiger partial charge in [0.05, 0.1) is 17.1 Å². The summed E-state index contributed by atoms with van der Waals surface area (Å²) in [5.74, 6) is 0.0746. The number of nitrogens with zero attached hydrogens (tertiary/aromatic N) is 1. The Bertz CT molecular complexity index is 1250. The Morgan fingerprint density at radius 2 is 1.55 bits per heavy atom. The van der Waals surface area contributed by atoms with E-state index in [-0.39, 0.29) is 30.5 Å². The third kappa shape index (κ3) is 10.6. The fraction of sp³-hybridized carbons (Fsp3) is 0.909. The Morgan fingerprint density at radius 1 is 0.936 bits per heavy atom. The van der Waals surface area contributed by atoms with Crippen LogP contribution in [0.3, 0.4) is 0 Å². The molecule has 3 fully saturated rings. The molecule has 0 aromatic rings. The lowest BCUT2D eigenvalue weighted by atomic mass is 9.80. The van der Waals surface area contributed by atoms with E-state index in [0.717, 1.165) is 24.8 Å². The molecule has 3 saturated carbocycles. The highest BCUT2D eigenvalue weighted by molar-refractivity contribution is 7.90. The minimum atomic E-state index is -3.73. The molecule has 4 rings (SSSR count). The van der Waals surface area contributed by atoms with E-state index in [9.17, 15) is 26.7 Å². The monoisotopic (exact) mass is 702 g/mol. The van der Waals surface area contributed by atoms with Gasteiger partial charge < -0.3 is 27.2 Å². The number of hydrogen-bond donors (Lipinski definition) is 6. The molecule has 0 aromatic heterocycles. The molecular formula is C33H62N6O6S2. The Labute approximate surface area is 283 Å². The lowest BCUT2D eigenvalue weighted by molar-refractivity contribution is -0.122. The van der Waals surface area contributed by atoms with E-state index in [1.165, 1.54) is 10.7 Å². The molecule has 0 bridgehead atoms. The first-order valence-electron chi connectivity index (χ1n) is 18.2. The van der Waals surface area contributed by atoms with Gasteiger partial charge in [-0.3, -0.25) is 4.79 Å². The van der Waals surface area contributed by atoms with Gasteiger partial charge in [-0.2, -0.15) is 4.31 Å². The molecule has 14 heteroatoms. The third-order valence-corrected chi connectivity index (χ3v) is 15.2. The van der Waals surface area contributed by atoms with Gasteiger partial charge in [-0.25, -0.2) is 21.6 Å². The van der Waals surface area contributed by atoms with E-state index < -0.39 is 42.6 Å². The quantitative estimate of drug-likeness (QED) is 0.123. The molecule has 8 N–H and O–H groups in total. The van der Waals surface area contributed by atoms with E-state index in [2.05, 4.69) is 15.4 Å². The first-order chi connectivity index (χ1) is 22.3. The highest BCUT2D eigenvalue weighted by Crippen LogP contribution is 2.36. The van der Waals surface area contributed by atoms with E-state index in [4.69, 9.17) is 11.5 Å². The van der Waals surface area contributed by atoms with Crippen LogP contribution < -0.4 is 26.8 Å². The summed E-state index contributed by atoms with van der Waals surface area (Å²) in [7, 11) is -7.34. The molecule has 1 heterocycles. The van der Waals surface area contributed by atoms with Gasteiger partial charge in [-0.05, 0) is 101 Å². The van der Waals surface area contributed by atoms with E-state index in [1.807, 2.05) is 20.0 Å². The highest BCUT2D eigenvalue weighted by Gasteiger charge is 2.39. The second-order valence-corrected chi connectivity index (χ2v) is 19.2. The largest absolute Gasteiger partial charge is 0.395 e. The van der Waals surface area contributed by atoms with Crippen LogP contribution in [0.25, 0.3) is 0 Å². The summed E-state index contributed by atoms with van der Waals surface area (Å²) in [4.78, 5) is 13.6. The molecule has 4 atom stereocenters. The van der Waals surface area contributed by atoms with Crippen LogP contribution in [0.4, 0.5) is 0 Å². The second kappa shape index (κ2) is 17.6.